The molecule has 114 valence electrons. The van der Waals surface area contributed by atoms with Crippen molar-refractivity contribution in [3.8, 4) is 0 Å². The van der Waals surface area contributed by atoms with Crippen molar-refractivity contribution in [3.63, 3.8) is 0 Å². The van der Waals surface area contributed by atoms with Gasteiger partial charge in [-0.05, 0) is 15.9 Å². The number of aliphatic hydroxyl groups excluding tert-OH is 3. The van der Waals surface area contributed by atoms with Crippen molar-refractivity contribution >= 4 is 33.0 Å². The Morgan fingerprint density at radius 2 is 2.10 bits per heavy atom. The first-order valence-corrected chi connectivity index (χ1v) is 6.79. The molecule has 21 heavy (non-hydrogen) atoms. The van der Waals surface area contributed by atoms with Gasteiger partial charge in [0.15, 0.2) is 22.1 Å². The molecular formula is C10H12BrN5O5. The fourth-order valence-electron chi connectivity index (χ4n) is 2.29. The van der Waals surface area contributed by atoms with Crippen molar-refractivity contribution in [3.05, 3.63) is 15.1 Å². The van der Waals surface area contributed by atoms with Gasteiger partial charge in [0.05, 0.1) is 6.61 Å². The number of aliphatic hydroxyl groups is 3. The number of aromatic nitrogens is 4. The highest BCUT2D eigenvalue weighted by atomic mass is 79.9. The van der Waals surface area contributed by atoms with Crippen LogP contribution in [0.15, 0.2) is 9.53 Å². The second-order valence-electron chi connectivity index (χ2n) is 4.60. The summed E-state index contributed by atoms with van der Waals surface area (Å²) in [6.45, 7) is -0.463. The van der Waals surface area contributed by atoms with E-state index in [0.717, 1.165) is 0 Å². The van der Waals surface area contributed by atoms with Gasteiger partial charge in [-0.2, -0.15) is 4.98 Å². The summed E-state index contributed by atoms with van der Waals surface area (Å²) < 4.78 is 6.87. The summed E-state index contributed by atoms with van der Waals surface area (Å²) in [5.41, 5.74) is 5.07. The lowest BCUT2D eigenvalue weighted by Crippen LogP contribution is -2.33. The van der Waals surface area contributed by atoms with Crippen LogP contribution >= 0.6 is 15.9 Å². The van der Waals surface area contributed by atoms with Gasteiger partial charge in [-0.25, -0.2) is 4.98 Å². The molecule has 11 heteroatoms. The van der Waals surface area contributed by atoms with Crippen LogP contribution in [0, 0.1) is 0 Å². The van der Waals surface area contributed by atoms with Crippen LogP contribution in [-0.2, 0) is 4.74 Å². The first-order valence-electron chi connectivity index (χ1n) is 5.99. The van der Waals surface area contributed by atoms with E-state index in [0.29, 0.717) is 0 Å². The normalized spacial score (nSPS) is 29.3. The molecule has 0 bridgehead atoms. The summed E-state index contributed by atoms with van der Waals surface area (Å²) in [5, 5.41) is 29.0. The Balaban J connectivity index is 2.17. The van der Waals surface area contributed by atoms with Gasteiger partial charge in [0.1, 0.15) is 18.3 Å². The number of nitrogens with one attached hydrogen (secondary N) is 1. The number of hydrogen-bond donors (Lipinski definition) is 5. The highest BCUT2D eigenvalue weighted by Gasteiger charge is 2.44. The van der Waals surface area contributed by atoms with Crippen LogP contribution in [-0.4, -0.2) is 59.8 Å². The van der Waals surface area contributed by atoms with E-state index in [1.807, 2.05) is 0 Å². The number of anilines is 1. The molecule has 1 unspecified atom stereocenters. The summed E-state index contributed by atoms with van der Waals surface area (Å²) in [6, 6.07) is 0. The molecule has 0 spiro atoms. The molecule has 1 saturated heterocycles. The summed E-state index contributed by atoms with van der Waals surface area (Å²) in [5.74, 6) is -0.118. The van der Waals surface area contributed by atoms with E-state index in [1.54, 1.807) is 0 Å². The largest absolute Gasteiger partial charge is 0.394 e. The van der Waals surface area contributed by atoms with E-state index in [-0.39, 0.29) is 21.8 Å². The smallest absolute Gasteiger partial charge is 0.280 e. The summed E-state index contributed by atoms with van der Waals surface area (Å²) in [6.07, 6.45) is -4.61. The number of fused-ring (bicyclic) bond motifs is 1. The molecule has 0 radical (unpaired) electrons. The minimum Gasteiger partial charge on any atom is -0.394 e. The molecule has 0 saturated carbocycles. The lowest BCUT2D eigenvalue weighted by Gasteiger charge is -2.17. The molecule has 1 aliphatic heterocycles. The molecule has 1 fully saturated rings. The summed E-state index contributed by atoms with van der Waals surface area (Å²) >= 11 is 3.15. The van der Waals surface area contributed by atoms with Gasteiger partial charge in [0.25, 0.3) is 5.56 Å². The lowest BCUT2D eigenvalue weighted by atomic mass is 10.1. The van der Waals surface area contributed by atoms with Gasteiger partial charge < -0.3 is 25.8 Å². The third-order valence-electron chi connectivity index (χ3n) is 3.30. The maximum atomic E-state index is 11.8. The highest BCUT2D eigenvalue weighted by Crippen LogP contribution is 2.33. The van der Waals surface area contributed by atoms with Crippen LogP contribution in [0.2, 0.25) is 0 Å². The highest BCUT2D eigenvalue weighted by molar-refractivity contribution is 9.10. The third kappa shape index (κ3) is 2.13. The minimum absolute atomic E-state index is 0.00816. The van der Waals surface area contributed by atoms with Crippen LogP contribution in [0.25, 0.3) is 11.2 Å². The maximum absolute atomic E-state index is 11.8. The molecule has 3 heterocycles. The van der Waals surface area contributed by atoms with Crippen molar-refractivity contribution in [2.75, 3.05) is 12.3 Å². The Labute approximate surface area is 125 Å². The Bertz CT molecular complexity index is 745. The minimum atomic E-state index is -1.32. The van der Waals surface area contributed by atoms with Crippen molar-refractivity contribution < 1.29 is 20.1 Å². The number of nitrogens with zero attached hydrogens (tertiary/aromatic N) is 3. The fourth-order valence-corrected chi connectivity index (χ4v) is 2.84. The van der Waals surface area contributed by atoms with Gasteiger partial charge in [-0.1, -0.05) is 0 Å². The first kappa shape index (κ1) is 14.4. The molecule has 0 aliphatic carbocycles. The molecule has 0 aromatic carbocycles. The fraction of sp³-hybridized carbons (Fsp3) is 0.500. The van der Waals surface area contributed by atoms with E-state index < -0.39 is 36.7 Å². The van der Waals surface area contributed by atoms with Gasteiger partial charge in [0.2, 0.25) is 5.95 Å². The van der Waals surface area contributed by atoms with E-state index in [4.69, 9.17) is 15.6 Å². The number of halogens is 1. The van der Waals surface area contributed by atoms with E-state index >= 15 is 0 Å². The number of ether oxygens (including phenoxy) is 1. The van der Waals surface area contributed by atoms with Gasteiger partial charge >= 0.3 is 0 Å². The molecule has 3 rings (SSSR count). The number of hydrogen-bond acceptors (Lipinski definition) is 8. The second-order valence-corrected chi connectivity index (χ2v) is 5.31. The van der Waals surface area contributed by atoms with Crippen molar-refractivity contribution in [1.29, 1.82) is 0 Å². The number of nitrogen functional groups attached to an aromatic ring is 1. The molecule has 2 aromatic heterocycles. The standard InChI is InChI=1S/C10H12BrN5O5/c11-9-13-3-6(14-10(12)15-7(3)20)16(9)8-5(19)4(18)2(1-17)21-8/h2,4-5,8,17-19H,1H2,(H3,12,14,15,20)/t2-,4-,5-,8?/m1/s1. The number of nitrogens with two attached hydrogens (primary N) is 1. The second kappa shape index (κ2) is 5.03. The van der Waals surface area contributed by atoms with E-state index in [2.05, 4.69) is 30.9 Å². The molecular weight excluding hydrogens is 350 g/mol. The van der Waals surface area contributed by atoms with Gasteiger partial charge in [-0.15, -0.1) is 0 Å². The zero-order chi connectivity index (χ0) is 15.3. The maximum Gasteiger partial charge on any atom is 0.280 e. The van der Waals surface area contributed by atoms with E-state index in [1.165, 1.54) is 4.57 Å². The van der Waals surface area contributed by atoms with Crippen molar-refractivity contribution in [2.24, 2.45) is 0 Å². The van der Waals surface area contributed by atoms with Crippen LogP contribution in [0.4, 0.5) is 5.95 Å². The zero-order valence-electron chi connectivity index (χ0n) is 10.5. The van der Waals surface area contributed by atoms with Crippen LogP contribution in [0.3, 0.4) is 0 Å². The Morgan fingerprint density at radius 3 is 2.71 bits per heavy atom. The van der Waals surface area contributed by atoms with Gasteiger partial charge in [-0.3, -0.25) is 14.3 Å². The molecule has 4 atom stereocenters. The Morgan fingerprint density at radius 1 is 1.38 bits per heavy atom. The Hall–Kier alpha value is -1.53. The number of aromatic amines is 1. The number of H-pyrrole nitrogens is 1. The summed E-state index contributed by atoms with van der Waals surface area (Å²) in [4.78, 5) is 22.0. The predicted molar refractivity (Wildman–Crippen MR) is 73.3 cm³/mol. The summed E-state index contributed by atoms with van der Waals surface area (Å²) in [7, 11) is 0. The van der Waals surface area contributed by atoms with Crippen LogP contribution < -0.4 is 11.3 Å². The predicted octanol–water partition coefficient (Wildman–Crippen LogP) is -1.92. The molecule has 0 amide bonds. The average molecular weight is 362 g/mol. The number of imidazole rings is 1. The molecule has 2 aromatic rings. The van der Waals surface area contributed by atoms with Crippen molar-refractivity contribution in [1.82, 2.24) is 19.5 Å². The Kier molecular flexibility index (Phi) is 3.45. The zero-order valence-corrected chi connectivity index (χ0v) is 12.1. The van der Waals surface area contributed by atoms with Gasteiger partial charge in [0, 0.05) is 0 Å². The quantitative estimate of drug-likeness (QED) is 0.387. The van der Waals surface area contributed by atoms with Crippen molar-refractivity contribution in [2.45, 2.75) is 24.5 Å². The molecule has 1 aliphatic rings. The lowest BCUT2D eigenvalue weighted by molar-refractivity contribution is -0.0521. The molecule has 6 N–H and O–H groups in total. The van der Waals surface area contributed by atoms with Crippen LogP contribution in [0.1, 0.15) is 6.23 Å². The third-order valence-corrected chi connectivity index (χ3v) is 3.86. The number of rotatable bonds is 2. The van der Waals surface area contributed by atoms with E-state index in [9.17, 15) is 15.0 Å². The monoisotopic (exact) mass is 361 g/mol. The SMILES string of the molecule is Nc1nc2c(nc(Br)n2C2O[C@H](CO)[C@@H](O)[C@H]2O)c(=O)[nH]1. The molecule has 10 nitrogen and oxygen atoms in total. The average Bonchev–Trinajstić information content (AvgIpc) is 2.89. The topological polar surface area (TPSA) is 160 Å². The first-order chi connectivity index (χ1) is 9.93. The van der Waals surface area contributed by atoms with Crippen LogP contribution in [0.5, 0.6) is 0 Å².